The summed E-state index contributed by atoms with van der Waals surface area (Å²) in [5, 5.41) is 4.06. The topological polar surface area (TPSA) is 62.3 Å². The van der Waals surface area contributed by atoms with Crippen LogP contribution < -0.4 is 10.2 Å². The smallest absolute Gasteiger partial charge is 0.239 e. The Hall–Kier alpha value is -2.21. The number of aryl methyl sites for hydroxylation is 4. The molecule has 1 unspecified atom stereocenters. The Bertz CT molecular complexity index is 882. The molecule has 2 aliphatic rings. The fraction of sp³-hybridized carbons (Fsp3) is 0.500. The monoisotopic (exact) mass is 397 g/mol. The van der Waals surface area contributed by atoms with Crippen LogP contribution in [0.3, 0.4) is 0 Å². The maximum absolute atomic E-state index is 12.8. The average molecular weight is 398 g/mol. The summed E-state index contributed by atoms with van der Waals surface area (Å²) < 4.78 is 0. The van der Waals surface area contributed by atoms with Gasteiger partial charge in [0.15, 0.2) is 0 Å². The minimum atomic E-state index is -0.578. The van der Waals surface area contributed by atoms with Gasteiger partial charge in [0.05, 0.1) is 10.7 Å². The van der Waals surface area contributed by atoms with Crippen LogP contribution in [0.25, 0.3) is 0 Å². The summed E-state index contributed by atoms with van der Waals surface area (Å²) in [7, 11) is 0. The molecule has 2 aromatic rings. The standard InChI is InChI=1S/C22H27N3O2S/c1-14-7-8-16(13-15(14)2)25-12-10-17(22(25)27)21(26)23-11-9-20-24-18-5-3-4-6-19(18)28-20/h7-8,13,17H,3-6,9-12H2,1-2H3,(H,23,26). The quantitative estimate of drug-likeness (QED) is 0.787. The number of carbonyl (C=O) groups is 2. The zero-order chi connectivity index (χ0) is 19.7. The second kappa shape index (κ2) is 8.03. The second-order valence-corrected chi connectivity index (χ2v) is 8.99. The predicted molar refractivity (Wildman–Crippen MR) is 112 cm³/mol. The van der Waals surface area contributed by atoms with E-state index in [0.29, 0.717) is 19.5 Å². The number of benzene rings is 1. The lowest BCUT2D eigenvalue weighted by atomic mass is 10.0. The van der Waals surface area contributed by atoms with Crippen molar-refractivity contribution < 1.29 is 9.59 Å². The zero-order valence-corrected chi connectivity index (χ0v) is 17.4. The Labute approximate surface area is 170 Å². The summed E-state index contributed by atoms with van der Waals surface area (Å²) in [6.45, 7) is 5.23. The van der Waals surface area contributed by atoms with Crippen LogP contribution in [-0.4, -0.2) is 29.9 Å². The number of nitrogens with zero attached hydrogens (tertiary/aromatic N) is 2. The number of fused-ring (bicyclic) bond motifs is 1. The first-order valence-corrected chi connectivity index (χ1v) is 11.0. The highest BCUT2D eigenvalue weighted by Crippen LogP contribution is 2.28. The molecule has 148 valence electrons. The fourth-order valence-corrected chi connectivity index (χ4v) is 5.16. The maximum atomic E-state index is 12.8. The summed E-state index contributed by atoms with van der Waals surface area (Å²) in [5.41, 5.74) is 4.50. The van der Waals surface area contributed by atoms with Crippen molar-refractivity contribution in [3.8, 4) is 0 Å². The van der Waals surface area contributed by atoms with Crippen molar-refractivity contribution in [3.05, 3.63) is 44.9 Å². The van der Waals surface area contributed by atoms with Gasteiger partial charge in [-0.05, 0) is 69.2 Å². The number of amides is 2. The van der Waals surface area contributed by atoms with Crippen molar-refractivity contribution in [2.45, 2.75) is 52.4 Å². The third-order valence-electron chi connectivity index (χ3n) is 5.85. The number of anilines is 1. The van der Waals surface area contributed by atoms with Gasteiger partial charge in [0.25, 0.3) is 0 Å². The molecule has 1 atom stereocenters. The second-order valence-electron chi connectivity index (χ2n) is 7.83. The maximum Gasteiger partial charge on any atom is 0.239 e. The Morgan fingerprint density at radius 2 is 2.07 bits per heavy atom. The van der Waals surface area contributed by atoms with Gasteiger partial charge < -0.3 is 10.2 Å². The Morgan fingerprint density at radius 1 is 1.25 bits per heavy atom. The number of hydrogen-bond donors (Lipinski definition) is 1. The van der Waals surface area contributed by atoms with E-state index in [9.17, 15) is 9.59 Å². The van der Waals surface area contributed by atoms with Crippen LogP contribution in [0.5, 0.6) is 0 Å². The molecule has 1 aromatic carbocycles. The van der Waals surface area contributed by atoms with Crippen molar-refractivity contribution in [2.75, 3.05) is 18.0 Å². The Balaban J connectivity index is 1.32. The normalized spacial score (nSPS) is 19.0. The first-order chi connectivity index (χ1) is 13.5. The number of hydrogen-bond acceptors (Lipinski definition) is 4. The van der Waals surface area contributed by atoms with Crippen LogP contribution in [0.1, 0.15) is 46.0 Å². The first-order valence-electron chi connectivity index (χ1n) is 10.2. The van der Waals surface area contributed by atoms with Gasteiger partial charge in [-0.1, -0.05) is 6.07 Å². The molecule has 0 saturated carbocycles. The average Bonchev–Trinajstić information content (AvgIpc) is 3.27. The van der Waals surface area contributed by atoms with Gasteiger partial charge in [-0.25, -0.2) is 4.98 Å². The summed E-state index contributed by atoms with van der Waals surface area (Å²) >= 11 is 1.78. The molecule has 2 amide bonds. The number of carbonyl (C=O) groups excluding carboxylic acids is 2. The third kappa shape index (κ3) is 3.83. The van der Waals surface area contributed by atoms with E-state index in [1.165, 1.54) is 29.0 Å². The van der Waals surface area contributed by atoms with E-state index in [4.69, 9.17) is 4.98 Å². The van der Waals surface area contributed by atoms with Gasteiger partial charge in [0.2, 0.25) is 11.8 Å². The fourth-order valence-electron chi connectivity index (χ4n) is 4.00. The molecule has 0 bridgehead atoms. The van der Waals surface area contributed by atoms with Gasteiger partial charge in [0, 0.05) is 30.1 Å². The molecule has 4 rings (SSSR count). The molecule has 1 N–H and O–H groups in total. The van der Waals surface area contributed by atoms with Crippen molar-refractivity contribution in [2.24, 2.45) is 5.92 Å². The molecule has 1 aliphatic heterocycles. The molecule has 0 spiro atoms. The van der Waals surface area contributed by atoms with Gasteiger partial charge >= 0.3 is 0 Å². The summed E-state index contributed by atoms with van der Waals surface area (Å²) in [4.78, 5) is 33.2. The van der Waals surface area contributed by atoms with Crippen LogP contribution in [0.15, 0.2) is 18.2 Å². The van der Waals surface area contributed by atoms with Crippen molar-refractivity contribution >= 4 is 28.8 Å². The number of thiazole rings is 1. The molecular weight excluding hydrogens is 370 g/mol. The predicted octanol–water partition coefficient (Wildman–Crippen LogP) is 3.35. The SMILES string of the molecule is Cc1ccc(N2CCC(C(=O)NCCc3nc4c(s3)CCCC4)C2=O)cc1C. The van der Waals surface area contributed by atoms with Crippen LogP contribution in [0, 0.1) is 19.8 Å². The highest BCUT2D eigenvalue weighted by molar-refractivity contribution is 7.11. The van der Waals surface area contributed by atoms with Crippen molar-refractivity contribution in [1.29, 1.82) is 0 Å². The van der Waals surface area contributed by atoms with E-state index in [1.54, 1.807) is 16.2 Å². The highest BCUT2D eigenvalue weighted by atomic mass is 32.1. The molecule has 28 heavy (non-hydrogen) atoms. The lowest BCUT2D eigenvalue weighted by molar-refractivity contribution is -0.132. The van der Waals surface area contributed by atoms with Crippen LogP contribution >= 0.6 is 11.3 Å². The number of nitrogens with one attached hydrogen (secondary N) is 1. The lowest BCUT2D eigenvalue weighted by Crippen LogP contribution is -2.37. The van der Waals surface area contributed by atoms with E-state index >= 15 is 0 Å². The van der Waals surface area contributed by atoms with Gasteiger partial charge in [-0.15, -0.1) is 11.3 Å². The van der Waals surface area contributed by atoms with Crippen LogP contribution in [-0.2, 0) is 28.9 Å². The van der Waals surface area contributed by atoms with E-state index in [-0.39, 0.29) is 11.8 Å². The Kier molecular flexibility index (Phi) is 5.49. The zero-order valence-electron chi connectivity index (χ0n) is 16.6. The van der Waals surface area contributed by atoms with E-state index in [1.807, 2.05) is 25.1 Å². The van der Waals surface area contributed by atoms with E-state index in [0.717, 1.165) is 35.5 Å². The van der Waals surface area contributed by atoms with Crippen molar-refractivity contribution in [1.82, 2.24) is 10.3 Å². The van der Waals surface area contributed by atoms with Gasteiger partial charge in [0.1, 0.15) is 5.92 Å². The minimum Gasteiger partial charge on any atom is -0.355 e. The molecule has 5 nitrogen and oxygen atoms in total. The molecule has 1 aromatic heterocycles. The van der Waals surface area contributed by atoms with Gasteiger partial charge in [-0.3, -0.25) is 9.59 Å². The largest absolute Gasteiger partial charge is 0.355 e. The highest BCUT2D eigenvalue weighted by Gasteiger charge is 2.37. The molecular formula is C22H27N3O2S. The molecule has 1 fully saturated rings. The molecule has 0 radical (unpaired) electrons. The molecule has 6 heteroatoms. The van der Waals surface area contributed by atoms with Crippen LogP contribution in [0.2, 0.25) is 0 Å². The Morgan fingerprint density at radius 3 is 2.86 bits per heavy atom. The van der Waals surface area contributed by atoms with E-state index < -0.39 is 5.92 Å². The summed E-state index contributed by atoms with van der Waals surface area (Å²) in [6.07, 6.45) is 6.03. The summed E-state index contributed by atoms with van der Waals surface area (Å²) in [6, 6.07) is 6.02. The molecule has 2 heterocycles. The van der Waals surface area contributed by atoms with Crippen molar-refractivity contribution in [3.63, 3.8) is 0 Å². The third-order valence-corrected chi connectivity index (χ3v) is 7.07. The lowest BCUT2D eigenvalue weighted by Gasteiger charge is -2.18. The first kappa shape index (κ1) is 19.1. The van der Waals surface area contributed by atoms with Crippen LogP contribution in [0.4, 0.5) is 5.69 Å². The van der Waals surface area contributed by atoms with E-state index in [2.05, 4.69) is 12.2 Å². The molecule has 1 aliphatic carbocycles. The summed E-state index contributed by atoms with van der Waals surface area (Å²) in [5.74, 6) is -0.825. The number of rotatable bonds is 5. The molecule has 1 saturated heterocycles. The minimum absolute atomic E-state index is 0.0922. The van der Waals surface area contributed by atoms with Gasteiger partial charge in [-0.2, -0.15) is 0 Å². The number of aromatic nitrogens is 1.